The molecule has 0 aliphatic carbocycles. The van der Waals surface area contributed by atoms with E-state index in [-0.39, 0.29) is 29.9 Å². The number of aliphatic imine (C=N–C) groups is 1. The van der Waals surface area contributed by atoms with Gasteiger partial charge in [-0.25, -0.2) is 4.99 Å². The molecule has 0 radical (unpaired) electrons. The first-order chi connectivity index (χ1) is 11.2. The SMILES string of the molecule is CCCC(=O)Nc1ccc(CN=C(NCC)N2CCCC2)cc1.I. The van der Waals surface area contributed by atoms with Gasteiger partial charge in [0.2, 0.25) is 5.91 Å². The fourth-order valence-corrected chi connectivity index (χ4v) is 2.66. The number of amides is 1. The van der Waals surface area contributed by atoms with Gasteiger partial charge in [-0.05, 0) is 43.9 Å². The lowest BCUT2D eigenvalue weighted by Gasteiger charge is -2.20. The molecule has 0 bridgehead atoms. The number of hydrogen-bond donors (Lipinski definition) is 2. The summed E-state index contributed by atoms with van der Waals surface area (Å²) >= 11 is 0. The first-order valence-corrected chi connectivity index (χ1v) is 8.65. The minimum absolute atomic E-state index is 0. The van der Waals surface area contributed by atoms with Crippen LogP contribution in [0.4, 0.5) is 5.69 Å². The van der Waals surface area contributed by atoms with Gasteiger partial charge < -0.3 is 15.5 Å². The van der Waals surface area contributed by atoms with E-state index in [4.69, 9.17) is 4.99 Å². The number of hydrogen-bond acceptors (Lipinski definition) is 2. The fourth-order valence-electron chi connectivity index (χ4n) is 2.66. The smallest absolute Gasteiger partial charge is 0.224 e. The predicted molar refractivity (Wildman–Crippen MR) is 111 cm³/mol. The van der Waals surface area contributed by atoms with E-state index < -0.39 is 0 Å². The van der Waals surface area contributed by atoms with Crippen molar-refractivity contribution in [2.24, 2.45) is 4.99 Å². The van der Waals surface area contributed by atoms with Gasteiger partial charge in [0.1, 0.15) is 0 Å². The monoisotopic (exact) mass is 444 g/mol. The summed E-state index contributed by atoms with van der Waals surface area (Å²) in [5.41, 5.74) is 2.00. The highest BCUT2D eigenvalue weighted by atomic mass is 127. The Bertz CT molecular complexity index is 524. The number of carbonyl (C=O) groups excluding carboxylic acids is 1. The number of nitrogens with one attached hydrogen (secondary N) is 2. The first kappa shape index (κ1) is 20.7. The number of nitrogens with zero attached hydrogens (tertiary/aromatic N) is 2. The van der Waals surface area contributed by atoms with Crippen LogP contribution in [0.25, 0.3) is 0 Å². The molecule has 6 heteroatoms. The Kier molecular flexibility index (Phi) is 9.75. The molecule has 0 saturated carbocycles. The number of rotatable bonds is 6. The molecule has 1 aliphatic rings. The predicted octanol–water partition coefficient (Wildman–Crippen LogP) is 3.60. The van der Waals surface area contributed by atoms with Crippen LogP contribution in [0.1, 0.15) is 45.1 Å². The molecule has 2 N–H and O–H groups in total. The maximum atomic E-state index is 11.6. The molecular weight excluding hydrogens is 415 g/mol. The first-order valence-electron chi connectivity index (χ1n) is 8.65. The van der Waals surface area contributed by atoms with Gasteiger partial charge in [0.25, 0.3) is 0 Å². The zero-order chi connectivity index (χ0) is 16.5. The van der Waals surface area contributed by atoms with Crippen LogP contribution in [-0.4, -0.2) is 36.4 Å². The van der Waals surface area contributed by atoms with Gasteiger partial charge in [-0.1, -0.05) is 19.1 Å². The number of halogens is 1. The molecule has 0 aromatic heterocycles. The molecule has 5 nitrogen and oxygen atoms in total. The Labute approximate surface area is 162 Å². The van der Waals surface area contributed by atoms with Crippen molar-refractivity contribution in [3.8, 4) is 0 Å². The van der Waals surface area contributed by atoms with Gasteiger partial charge in [-0.3, -0.25) is 4.79 Å². The van der Waals surface area contributed by atoms with E-state index in [1.54, 1.807) is 0 Å². The Morgan fingerprint density at radius 3 is 2.42 bits per heavy atom. The normalized spacial score (nSPS) is 14.2. The quantitative estimate of drug-likeness (QED) is 0.401. The highest BCUT2D eigenvalue weighted by Crippen LogP contribution is 2.12. The standard InChI is InChI=1S/C18H28N4O.HI/c1-3-7-17(23)21-16-10-8-15(9-11-16)14-20-18(19-4-2)22-12-5-6-13-22;/h8-11H,3-7,12-14H2,1-2H3,(H,19,20)(H,21,23);1H. The van der Waals surface area contributed by atoms with E-state index in [2.05, 4.69) is 22.5 Å². The van der Waals surface area contributed by atoms with Gasteiger partial charge >= 0.3 is 0 Å². The summed E-state index contributed by atoms with van der Waals surface area (Å²) in [6.07, 6.45) is 3.92. The van der Waals surface area contributed by atoms with Crippen molar-refractivity contribution in [1.29, 1.82) is 0 Å². The van der Waals surface area contributed by atoms with E-state index in [0.717, 1.165) is 43.3 Å². The summed E-state index contributed by atoms with van der Waals surface area (Å²) in [6.45, 7) is 7.82. The lowest BCUT2D eigenvalue weighted by atomic mass is 10.2. The molecule has 0 unspecified atom stereocenters. The van der Waals surface area contributed by atoms with Crippen molar-refractivity contribution < 1.29 is 4.79 Å². The second-order valence-corrected chi connectivity index (χ2v) is 5.86. The van der Waals surface area contributed by atoms with Crippen LogP contribution in [-0.2, 0) is 11.3 Å². The minimum atomic E-state index is 0. The Morgan fingerprint density at radius 2 is 1.83 bits per heavy atom. The van der Waals surface area contributed by atoms with Gasteiger partial charge in [-0.15, -0.1) is 24.0 Å². The van der Waals surface area contributed by atoms with Crippen molar-refractivity contribution in [2.75, 3.05) is 25.0 Å². The van der Waals surface area contributed by atoms with Crippen LogP contribution in [0.5, 0.6) is 0 Å². The maximum absolute atomic E-state index is 11.6. The van der Waals surface area contributed by atoms with Crippen molar-refractivity contribution in [3.63, 3.8) is 0 Å². The average Bonchev–Trinajstić information content (AvgIpc) is 3.07. The Morgan fingerprint density at radius 1 is 1.17 bits per heavy atom. The topological polar surface area (TPSA) is 56.7 Å². The number of guanidine groups is 1. The lowest BCUT2D eigenvalue weighted by molar-refractivity contribution is -0.116. The van der Waals surface area contributed by atoms with Crippen LogP contribution in [0.15, 0.2) is 29.3 Å². The number of anilines is 1. The summed E-state index contributed by atoms with van der Waals surface area (Å²) in [5, 5.41) is 6.27. The van der Waals surface area contributed by atoms with Crippen LogP contribution < -0.4 is 10.6 Å². The minimum Gasteiger partial charge on any atom is -0.357 e. The van der Waals surface area contributed by atoms with Crippen LogP contribution in [0.3, 0.4) is 0 Å². The van der Waals surface area contributed by atoms with Crippen LogP contribution >= 0.6 is 24.0 Å². The summed E-state index contributed by atoms with van der Waals surface area (Å²) in [4.78, 5) is 18.6. The molecule has 0 atom stereocenters. The molecule has 1 aliphatic heterocycles. The lowest BCUT2D eigenvalue weighted by Crippen LogP contribution is -2.39. The van der Waals surface area contributed by atoms with Crippen LogP contribution in [0, 0.1) is 0 Å². The zero-order valence-corrected chi connectivity index (χ0v) is 17.0. The molecule has 1 aromatic rings. The van der Waals surface area contributed by atoms with Gasteiger partial charge in [-0.2, -0.15) is 0 Å². The van der Waals surface area contributed by atoms with Crippen molar-refractivity contribution >= 4 is 41.5 Å². The van der Waals surface area contributed by atoms with Crippen LogP contribution in [0.2, 0.25) is 0 Å². The van der Waals surface area contributed by atoms with Crippen molar-refractivity contribution in [2.45, 2.75) is 46.1 Å². The molecule has 1 aromatic carbocycles. The van der Waals surface area contributed by atoms with Crippen molar-refractivity contribution in [3.05, 3.63) is 29.8 Å². The molecule has 1 saturated heterocycles. The zero-order valence-electron chi connectivity index (χ0n) is 14.7. The highest BCUT2D eigenvalue weighted by Gasteiger charge is 2.15. The fraction of sp³-hybridized carbons (Fsp3) is 0.556. The number of benzene rings is 1. The second-order valence-electron chi connectivity index (χ2n) is 5.86. The largest absolute Gasteiger partial charge is 0.357 e. The number of carbonyl (C=O) groups is 1. The van der Waals surface area contributed by atoms with Gasteiger partial charge in [0.15, 0.2) is 5.96 Å². The second kappa shape index (κ2) is 11.3. The summed E-state index contributed by atoms with van der Waals surface area (Å²) in [7, 11) is 0. The highest BCUT2D eigenvalue weighted by molar-refractivity contribution is 14.0. The molecule has 0 spiro atoms. The summed E-state index contributed by atoms with van der Waals surface area (Å²) in [6, 6.07) is 7.94. The van der Waals surface area contributed by atoms with E-state index in [9.17, 15) is 4.79 Å². The summed E-state index contributed by atoms with van der Waals surface area (Å²) in [5.74, 6) is 1.08. The molecule has 1 amide bonds. The third-order valence-corrected chi connectivity index (χ3v) is 3.87. The van der Waals surface area contributed by atoms with E-state index in [0.29, 0.717) is 13.0 Å². The van der Waals surface area contributed by atoms with E-state index in [1.165, 1.54) is 12.8 Å². The molecule has 134 valence electrons. The van der Waals surface area contributed by atoms with E-state index >= 15 is 0 Å². The molecule has 24 heavy (non-hydrogen) atoms. The average molecular weight is 444 g/mol. The van der Waals surface area contributed by atoms with E-state index in [1.807, 2.05) is 31.2 Å². The Balaban J connectivity index is 0.00000288. The molecule has 1 heterocycles. The van der Waals surface area contributed by atoms with Crippen molar-refractivity contribution in [1.82, 2.24) is 10.2 Å². The third kappa shape index (κ3) is 6.67. The Hall–Kier alpha value is -1.31. The maximum Gasteiger partial charge on any atom is 0.224 e. The van der Waals surface area contributed by atoms with Gasteiger partial charge in [0, 0.05) is 31.7 Å². The summed E-state index contributed by atoms with van der Waals surface area (Å²) < 4.78 is 0. The third-order valence-electron chi connectivity index (χ3n) is 3.87. The molecule has 1 fully saturated rings. The molecule has 2 rings (SSSR count). The molecular formula is C18H29IN4O. The number of likely N-dealkylation sites (tertiary alicyclic amines) is 1. The van der Waals surface area contributed by atoms with Gasteiger partial charge in [0.05, 0.1) is 6.54 Å².